The number of halogens is 1. The van der Waals surface area contributed by atoms with Gasteiger partial charge in [0.15, 0.2) is 11.5 Å². The van der Waals surface area contributed by atoms with Crippen molar-refractivity contribution < 1.29 is 9.47 Å². The van der Waals surface area contributed by atoms with Gasteiger partial charge in [0.25, 0.3) is 0 Å². The summed E-state index contributed by atoms with van der Waals surface area (Å²) in [4.78, 5) is 4.36. The van der Waals surface area contributed by atoms with Crippen LogP contribution in [0.2, 0.25) is 5.02 Å². The summed E-state index contributed by atoms with van der Waals surface area (Å²) in [5.41, 5.74) is 7.73. The smallest absolute Gasteiger partial charge is 0.180 e. The maximum absolute atomic E-state index is 6.30. The average molecular weight is 327 g/mol. The van der Waals surface area contributed by atoms with E-state index in [4.69, 9.17) is 26.8 Å². The highest BCUT2D eigenvalue weighted by Crippen LogP contribution is 2.37. The van der Waals surface area contributed by atoms with Gasteiger partial charge >= 0.3 is 0 Å². The molecule has 0 bridgehead atoms. The largest absolute Gasteiger partial charge is 0.493 e. The van der Waals surface area contributed by atoms with Crippen LogP contribution in [0.4, 0.5) is 0 Å². The second-order valence-electron chi connectivity index (χ2n) is 4.94. The van der Waals surface area contributed by atoms with Gasteiger partial charge in [-0.2, -0.15) is 0 Å². The summed E-state index contributed by atoms with van der Waals surface area (Å²) >= 11 is 7.90. The van der Waals surface area contributed by atoms with Gasteiger partial charge in [0.05, 0.1) is 22.8 Å². The summed E-state index contributed by atoms with van der Waals surface area (Å²) in [5, 5.41) is 3.51. The van der Waals surface area contributed by atoms with Crippen molar-refractivity contribution in [1.82, 2.24) is 4.98 Å². The third-order valence-corrected chi connectivity index (χ3v) is 3.98. The van der Waals surface area contributed by atoms with Crippen molar-refractivity contribution in [3.8, 4) is 11.5 Å². The second-order valence-corrected chi connectivity index (χ2v) is 6.41. The van der Waals surface area contributed by atoms with Crippen molar-refractivity contribution in [3.05, 3.63) is 38.8 Å². The van der Waals surface area contributed by atoms with Gasteiger partial charge in [-0.25, -0.2) is 4.98 Å². The van der Waals surface area contributed by atoms with Crippen LogP contribution < -0.4 is 15.2 Å². The molecule has 2 N–H and O–H groups in total. The topological polar surface area (TPSA) is 57.4 Å². The lowest BCUT2D eigenvalue weighted by Crippen LogP contribution is -2.17. The monoisotopic (exact) mass is 326 g/mol. The minimum Gasteiger partial charge on any atom is -0.493 e. The number of rotatable bonds is 6. The van der Waals surface area contributed by atoms with E-state index in [1.807, 2.05) is 31.4 Å². The van der Waals surface area contributed by atoms with E-state index in [0.717, 1.165) is 22.7 Å². The van der Waals surface area contributed by atoms with E-state index >= 15 is 0 Å². The molecule has 0 aliphatic rings. The standard InChI is InChI=1S/C15H19ClN2O2S/c1-9(17)4-11-5-13(16)15(14(6-11)19-3)20-7-12-8-21-10(2)18-12/h5-6,8-9H,4,7,17H2,1-3H3. The summed E-state index contributed by atoms with van der Waals surface area (Å²) in [5.74, 6) is 1.16. The van der Waals surface area contributed by atoms with Crippen molar-refractivity contribution in [1.29, 1.82) is 0 Å². The maximum Gasteiger partial charge on any atom is 0.180 e. The first kappa shape index (κ1) is 16.1. The van der Waals surface area contributed by atoms with Gasteiger partial charge < -0.3 is 15.2 Å². The minimum absolute atomic E-state index is 0.0653. The molecule has 21 heavy (non-hydrogen) atoms. The number of aromatic nitrogens is 1. The lowest BCUT2D eigenvalue weighted by molar-refractivity contribution is 0.281. The molecule has 0 aliphatic heterocycles. The highest BCUT2D eigenvalue weighted by atomic mass is 35.5. The highest BCUT2D eigenvalue weighted by Gasteiger charge is 2.13. The van der Waals surface area contributed by atoms with Crippen LogP contribution in [0.15, 0.2) is 17.5 Å². The molecule has 1 aromatic heterocycles. The van der Waals surface area contributed by atoms with Crippen molar-refractivity contribution in [3.63, 3.8) is 0 Å². The Morgan fingerprint density at radius 2 is 2.19 bits per heavy atom. The van der Waals surface area contributed by atoms with E-state index in [2.05, 4.69) is 4.98 Å². The van der Waals surface area contributed by atoms with Crippen LogP contribution in [0.1, 0.15) is 23.2 Å². The first-order valence-corrected chi connectivity index (χ1v) is 7.91. The van der Waals surface area contributed by atoms with Crippen molar-refractivity contribution in [2.24, 2.45) is 5.73 Å². The first-order chi connectivity index (χ1) is 9.99. The number of hydrogen-bond donors (Lipinski definition) is 1. The molecule has 1 heterocycles. The number of hydrogen-bond acceptors (Lipinski definition) is 5. The van der Waals surface area contributed by atoms with Gasteiger partial charge in [-0.05, 0) is 38.0 Å². The Hall–Kier alpha value is -1.30. The van der Waals surface area contributed by atoms with Crippen LogP contribution in [0.25, 0.3) is 0 Å². The van der Waals surface area contributed by atoms with Crippen LogP contribution in [0, 0.1) is 6.92 Å². The van der Waals surface area contributed by atoms with Crippen molar-refractivity contribution in [2.45, 2.75) is 32.9 Å². The predicted octanol–water partition coefficient (Wildman–Crippen LogP) is 3.58. The Labute approximate surface area is 133 Å². The van der Waals surface area contributed by atoms with E-state index < -0.39 is 0 Å². The number of benzene rings is 1. The number of thiazole rings is 1. The van der Waals surface area contributed by atoms with Gasteiger partial charge in [-0.3, -0.25) is 0 Å². The fourth-order valence-corrected chi connectivity index (χ4v) is 2.91. The van der Waals surface area contributed by atoms with Gasteiger partial charge in [-0.15, -0.1) is 11.3 Å². The Balaban J connectivity index is 2.18. The molecule has 0 saturated heterocycles. The van der Waals surface area contributed by atoms with Gasteiger partial charge in [0, 0.05) is 11.4 Å². The highest BCUT2D eigenvalue weighted by molar-refractivity contribution is 7.09. The van der Waals surface area contributed by atoms with Crippen molar-refractivity contribution in [2.75, 3.05) is 7.11 Å². The molecule has 114 valence electrons. The molecule has 2 aromatic rings. The number of ether oxygens (including phenoxy) is 2. The van der Waals surface area contributed by atoms with E-state index in [1.165, 1.54) is 0 Å². The number of nitrogens with two attached hydrogens (primary N) is 1. The summed E-state index contributed by atoms with van der Waals surface area (Å²) in [7, 11) is 1.60. The van der Waals surface area contributed by atoms with E-state index in [1.54, 1.807) is 18.4 Å². The molecular formula is C15H19ClN2O2S. The molecule has 1 unspecified atom stereocenters. The van der Waals surface area contributed by atoms with Crippen LogP contribution in [-0.2, 0) is 13.0 Å². The zero-order valence-corrected chi connectivity index (χ0v) is 13.9. The normalized spacial score (nSPS) is 12.2. The molecule has 0 amide bonds. The molecule has 6 heteroatoms. The molecule has 0 fully saturated rings. The SMILES string of the molecule is COc1cc(CC(C)N)cc(Cl)c1OCc1csc(C)n1. The number of methoxy groups -OCH3 is 1. The maximum atomic E-state index is 6.30. The fourth-order valence-electron chi connectivity index (χ4n) is 2.02. The average Bonchev–Trinajstić information content (AvgIpc) is 2.82. The second kappa shape index (κ2) is 7.11. The molecule has 0 radical (unpaired) electrons. The zero-order chi connectivity index (χ0) is 15.4. The Bertz CT molecular complexity index is 614. The molecule has 4 nitrogen and oxygen atoms in total. The summed E-state index contributed by atoms with van der Waals surface area (Å²) < 4.78 is 11.1. The summed E-state index contributed by atoms with van der Waals surface area (Å²) in [6.45, 7) is 4.28. The quantitative estimate of drug-likeness (QED) is 0.881. The van der Waals surface area contributed by atoms with Gasteiger partial charge in [0.1, 0.15) is 6.61 Å². The van der Waals surface area contributed by atoms with Gasteiger partial charge in [-0.1, -0.05) is 11.6 Å². The number of nitrogens with zero attached hydrogens (tertiary/aromatic N) is 1. The lowest BCUT2D eigenvalue weighted by Gasteiger charge is -2.14. The molecule has 2 rings (SSSR count). The summed E-state index contributed by atoms with van der Waals surface area (Å²) in [6.07, 6.45) is 0.738. The van der Waals surface area contributed by atoms with Crippen LogP contribution in [0.3, 0.4) is 0 Å². The minimum atomic E-state index is 0.0653. The number of aryl methyl sites for hydroxylation is 1. The molecular weight excluding hydrogens is 308 g/mol. The van der Waals surface area contributed by atoms with E-state index in [0.29, 0.717) is 23.1 Å². The van der Waals surface area contributed by atoms with E-state index in [9.17, 15) is 0 Å². The van der Waals surface area contributed by atoms with Crippen LogP contribution in [0.5, 0.6) is 11.5 Å². The first-order valence-electron chi connectivity index (χ1n) is 6.65. The summed E-state index contributed by atoms with van der Waals surface area (Å²) in [6, 6.07) is 3.85. The molecule has 1 aromatic carbocycles. The molecule has 0 saturated carbocycles. The van der Waals surface area contributed by atoms with Crippen LogP contribution >= 0.6 is 22.9 Å². The molecule has 0 spiro atoms. The van der Waals surface area contributed by atoms with Gasteiger partial charge in [0.2, 0.25) is 0 Å². The fraction of sp³-hybridized carbons (Fsp3) is 0.400. The lowest BCUT2D eigenvalue weighted by atomic mass is 10.1. The Morgan fingerprint density at radius 1 is 1.43 bits per heavy atom. The van der Waals surface area contributed by atoms with Crippen LogP contribution in [-0.4, -0.2) is 18.1 Å². The Kier molecular flexibility index (Phi) is 5.45. The third kappa shape index (κ3) is 4.33. The predicted molar refractivity (Wildman–Crippen MR) is 86.5 cm³/mol. The molecule has 0 aliphatic carbocycles. The zero-order valence-electron chi connectivity index (χ0n) is 12.4. The Morgan fingerprint density at radius 3 is 2.76 bits per heavy atom. The van der Waals surface area contributed by atoms with E-state index in [-0.39, 0.29) is 6.04 Å². The molecule has 1 atom stereocenters. The van der Waals surface area contributed by atoms with Crippen molar-refractivity contribution >= 4 is 22.9 Å². The third-order valence-electron chi connectivity index (χ3n) is 2.88.